The first-order valence-corrected chi connectivity index (χ1v) is 8.60. The number of amides is 1. The summed E-state index contributed by atoms with van der Waals surface area (Å²) in [5.41, 5.74) is 2.35. The maximum atomic E-state index is 12.4. The number of rotatable bonds is 3. The van der Waals surface area contributed by atoms with Gasteiger partial charge in [-0.15, -0.1) is 11.3 Å². The van der Waals surface area contributed by atoms with Gasteiger partial charge in [0.05, 0.1) is 4.88 Å². The van der Waals surface area contributed by atoms with Crippen molar-refractivity contribution in [1.29, 1.82) is 0 Å². The van der Waals surface area contributed by atoms with Crippen LogP contribution in [0.3, 0.4) is 0 Å². The van der Waals surface area contributed by atoms with E-state index in [4.69, 9.17) is 0 Å². The number of benzene rings is 1. The normalized spacial score (nSPS) is 26.3. The summed E-state index contributed by atoms with van der Waals surface area (Å²) in [6.07, 6.45) is 5.25. The molecule has 0 spiro atoms. The van der Waals surface area contributed by atoms with E-state index < -0.39 is 0 Å². The highest BCUT2D eigenvalue weighted by Crippen LogP contribution is 2.29. The Bertz CT molecular complexity index is 694. The van der Waals surface area contributed by atoms with Crippen LogP contribution in [0.1, 0.15) is 34.6 Å². The fourth-order valence-electron chi connectivity index (χ4n) is 3.44. The van der Waals surface area contributed by atoms with Gasteiger partial charge in [0.1, 0.15) is 0 Å². The van der Waals surface area contributed by atoms with Gasteiger partial charge in [0.2, 0.25) is 0 Å². The number of nitrogens with zero attached hydrogens (tertiary/aromatic N) is 1. The molecule has 0 aliphatic carbocycles. The van der Waals surface area contributed by atoms with Crippen LogP contribution in [0.15, 0.2) is 30.5 Å². The lowest BCUT2D eigenvalue weighted by atomic mass is 9.95. The average molecular weight is 313 g/mol. The van der Waals surface area contributed by atoms with Crippen molar-refractivity contribution in [2.75, 3.05) is 0 Å². The fraction of sp³-hybridized carbons (Fsp3) is 0.412. The molecule has 22 heavy (non-hydrogen) atoms. The SMILES string of the molecule is Cc1ccc(-c2cnc(C(=O)N[C@@H]3C[C@H]4CC[C@@H]3N4)s2)cc1. The van der Waals surface area contributed by atoms with Crippen molar-refractivity contribution in [2.24, 2.45) is 0 Å². The highest BCUT2D eigenvalue weighted by Gasteiger charge is 2.39. The molecule has 5 heteroatoms. The Hall–Kier alpha value is -1.72. The van der Waals surface area contributed by atoms with E-state index in [1.165, 1.54) is 29.7 Å². The zero-order valence-electron chi connectivity index (χ0n) is 12.5. The third-order valence-corrected chi connectivity index (χ3v) is 5.70. The maximum absolute atomic E-state index is 12.4. The van der Waals surface area contributed by atoms with E-state index in [1.807, 2.05) is 0 Å². The number of fused-ring (bicyclic) bond motifs is 2. The van der Waals surface area contributed by atoms with Gasteiger partial charge in [-0.05, 0) is 31.7 Å². The van der Waals surface area contributed by atoms with Gasteiger partial charge in [-0.3, -0.25) is 4.79 Å². The maximum Gasteiger partial charge on any atom is 0.280 e. The Morgan fingerprint density at radius 3 is 2.82 bits per heavy atom. The van der Waals surface area contributed by atoms with Gasteiger partial charge < -0.3 is 10.6 Å². The molecule has 2 aliphatic rings. The molecule has 2 aliphatic heterocycles. The number of carbonyl (C=O) groups is 1. The standard InChI is InChI=1S/C17H19N3OS/c1-10-2-4-11(5-3-10)15-9-18-17(22-15)16(21)20-14-8-12-6-7-13(14)19-12/h2-5,9,12-14,19H,6-8H2,1H3,(H,20,21)/t12-,13+,14-/m1/s1. The van der Waals surface area contributed by atoms with Crippen molar-refractivity contribution in [3.63, 3.8) is 0 Å². The smallest absolute Gasteiger partial charge is 0.280 e. The molecule has 114 valence electrons. The van der Waals surface area contributed by atoms with Crippen LogP contribution >= 0.6 is 11.3 Å². The van der Waals surface area contributed by atoms with Gasteiger partial charge >= 0.3 is 0 Å². The molecule has 0 saturated carbocycles. The van der Waals surface area contributed by atoms with Crippen LogP contribution in [-0.4, -0.2) is 29.0 Å². The summed E-state index contributed by atoms with van der Waals surface area (Å²) in [6, 6.07) is 9.61. The van der Waals surface area contributed by atoms with Crippen molar-refractivity contribution in [2.45, 2.75) is 44.3 Å². The summed E-state index contributed by atoms with van der Waals surface area (Å²) < 4.78 is 0. The fourth-order valence-corrected chi connectivity index (χ4v) is 4.27. The third kappa shape index (κ3) is 2.55. The highest BCUT2D eigenvalue weighted by atomic mass is 32.1. The predicted octanol–water partition coefficient (Wildman–Crippen LogP) is 2.74. The van der Waals surface area contributed by atoms with Crippen molar-refractivity contribution < 1.29 is 4.79 Å². The minimum absolute atomic E-state index is 0.0392. The van der Waals surface area contributed by atoms with E-state index in [0.717, 1.165) is 16.9 Å². The molecule has 1 aromatic heterocycles. The van der Waals surface area contributed by atoms with Gasteiger partial charge in [0.25, 0.3) is 5.91 Å². The molecule has 2 N–H and O–H groups in total. The quantitative estimate of drug-likeness (QED) is 0.916. The van der Waals surface area contributed by atoms with Crippen molar-refractivity contribution >= 4 is 17.2 Å². The lowest BCUT2D eigenvalue weighted by Gasteiger charge is -2.20. The zero-order valence-corrected chi connectivity index (χ0v) is 13.3. The lowest BCUT2D eigenvalue weighted by Crippen LogP contribution is -2.42. The van der Waals surface area contributed by atoms with Crippen molar-refractivity contribution in [1.82, 2.24) is 15.6 Å². The molecule has 1 aromatic carbocycles. The van der Waals surface area contributed by atoms with Crippen LogP contribution in [0, 0.1) is 6.92 Å². The Morgan fingerprint density at radius 1 is 1.32 bits per heavy atom. The largest absolute Gasteiger partial charge is 0.346 e. The van der Waals surface area contributed by atoms with E-state index in [1.54, 1.807) is 6.20 Å². The molecule has 0 radical (unpaired) electrons. The first-order chi connectivity index (χ1) is 10.7. The molecule has 0 unspecified atom stereocenters. The Morgan fingerprint density at radius 2 is 2.14 bits per heavy atom. The Kier molecular flexibility index (Phi) is 3.47. The average Bonchev–Trinajstić information content (AvgIpc) is 3.24. The highest BCUT2D eigenvalue weighted by molar-refractivity contribution is 7.16. The molecular weight excluding hydrogens is 294 g/mol. The molecule has 2 fully saturated rings. The summed E-state index contributed by atoms with van der Waals surface area (Å²) in [7, 11) is 0. The second kappa shape index (κ2) is 5.48. The van der Waals surface area contributed by atoms with Gasteiger partial charge in [-0.2, -0.15) is 0 Å². The van der Waals surface area contributed by atoms with Crippen LogP contribution in [-0.2, 0) is 0 Å². The molecule has 4 nitrogen and oxygen atoms in total. The van der Waals surface area contributed by atoms with E-state index in [9.17, 15) is 4.79 Å². The summed E-state index contributed by atoms with van der Waals surface area (Å²) in [4.78, 5) is 17.7. The van der Waals surface area contributed by atoms with Crippen LogP contribution in [0.25, 0.3) is 10.4 Å². The van der Waals surface area contributed by atoms with Gasteiger partial charge in [0, 0.05) is 24.3 Å². The topological polar surface area (TPSA) is 54.0 Å². The lowest BCUT2D eigenvalue weighted by molar-refractivity contribution is 0.0930. The second-order valence-electron chi connectivity index (χ2n) is 6.26. The molecule has 1 amide bonds. The number of carbonyl (C=O) groups excluding carboxylic acids is 1. The van der Waals surface area contributed by atoms with Crippen molar-refractivity contribution in [3.8, 4) is 10.4 Å². The number of aromatic nitrogens is 1. The van der Waals surface area contributed by atoms with E-state index >= 15 is 0 Å². The number of hydrogen-bond donors (Lipinski definition) is 2. The number of hydrogen-bond acceptors (Lipinski definition) is 4. The van der Waals surface area contributed by atoms with Gasteiger partial charge in [-0.1, -0.05) is 29.8 Å². The first-order valence-electron chi connectivity index (χ1n) is 7.79. The number of aryl methyl sites for hydroxylation is 1. The molecule has 3 atom stereocenters. The predicted molar refractivity (Wildman–Crippen MR) is 88.1 cm³/mol. The van der Waals surface area contributed by atoms with E-state index in [0.29, 0.717) is 17.1 Å². The minimum atomic E-state index is -0.0392. The molecule has 4 rings (SSSR count). The van der Waals surface area contributed by atoms with E-state index in [-0.39, 0.29) is 11.9 Å². The Balaban J connectivity index is 1.46. The van der Waals surface area contributed by atoms with Gasteiger partial charge in [0.15, 0.2) is 5.01 Å². The zero-order chi connectivity index (χ0) is 15.1. The molecular formula is C17H19N3OS. The van der Waals surface area contributed by atoms with Crippen LogP contribution < -0.4 is 10.6 Å². The monoisotopic (exact) mass is 313 g/mol. The first kappa shape index (κ1) is 13.9. The number of nitrogens with one attached hydrogen (secondary N) is 2. The summed E-state index contributed by atoms with van der Waals surface area (Å²) in [5.74, 6) is -0.0392. The minimum Gasteiger partial charge on any atom is -0.346 e. The number of thiazole rings is 1. The molecule has 2 aromatic rings. The Labute approximate surface area is 134 Å². The molecule has 3 heterocycles. The van der Waals surface area contributed by atoms with Crippen LogP contribution in [0.2, 0.25) is 0 Å². The molecule has 2 bridgehead atoms. The summed E-state index contributed by atoms with van der Waals surface area (Å²) in [6.45, 7) is 2.07. The second-order valence-corrected chi connectivity index (χ2v) is 7.29. The van der Waals surface area contributed by atoms with E-state index in [2.05, 4.69) is 46.8 Å². The molecule has 2 saturated heterocycles. The van der Waals surface area contributed by atoms with Crippen LogP contribution in [0.5, 0.6) is 0 Å². The summed E-state index contributed by atoms with van der Waals surface area (Å²) in [5, 5.41) is 7.24. The summed E-state index contributed by atoms with van der Waals surface area (Å²) >= 11 is 1.46. The van der Waals surface area contributed by atoms with Crippen molar-refractivity contribution in [3.05, 3.63) is 41.0 Å². The third-order valence-electron chi connectivity index (χ3n) is 4.65. The van der Waals surface area contributed by atoms with Crippen LogP contribution in [0.4, 0.5) is 0 Å². The van der Waals surface area contributed by atoms with Gasteiger partial charge in [-0.25, -0.2) is 4.98 Å².